The third kappa shape index (κ3) is 2.01. The Bertz CT molecular complexity index is 410. The van der Waals surface area contributed by atoms with Gasteiger partial charge in [0.05, 0.1) is 10.6 Å². The van der Waals surface area contributed by atoms with Crippen molar-refractivity contribution in [2.75, 3.05) is 11.5 Å². The maximum atomic E-state index is 11.4. The van der Waals surface area contributed by atoms with E-state index in [-0.39, 0.29) is 10.6 Å². The fraction of sp³-hybridized carbons (Fsp3) is 0.222. The highest BCUT2D eigenvalue weighted by molar-refractivity contribution is 7.91. The Labute approximate surface area is 78.5 Å². The average molecular weight is 198 g/mol. The summed E-state index contributed by atoms with van der Waals surface area (Å²) in [6.07, 6.45) is 0. The summed E-state index contributed by atoms with van der Waals surface area (Å²) < 4.78 is 22.7. The van der Waals surface area contributed by atoms with Crippen LogP contribution in [0.5, 0.6) is 0 Å². The predicted molar refractivity (Wildman–Crippen MR) is 53.0 cm³/mol. The van der Waals surface area contributed by atoms with Gasteiger partial charge in [-0.15, -0.1) is 0 Å². The molecule has 0 fully saturated rings. The first-order valence-corrected chi connectivity index (χ1v) is 5.51. The Morgan fingerprint density at radius 2 is 2.08 bits per heavy atom. The third-order valence-corrected chi connectivity index (χ3v) is 3.38. The molecule has 2 N–H and O–H groups in total. The molecular formula is C9H12NO2S. The summed E-state index contributed by atoms with van der Waals surface area (Å²) in [6, 6.07) is 4.66. The summed E-state index contributed by atoms with van der Waals surface area (Å²) in [5.74, 6) is -0.129. The highest BCUT2D eigenvalue weighted by atomic mass is 32.2. The minimum absolute atomic E-state index is 0.129. The molecule has 0 unspecified atom stereocenters. The summed E-state index contributed by atoms with van der Waals surface area (Å²) in [5.41, 5.74) is 6.94. The summed E-state index contributed by atoms with van der Waals surface area (Å²) in [6.45, 7) is 5.14. The molecule has 0 aromatic heterocycles. The molecule has 13 heavy (non-hydrogen) atoms. The zero-order valence-corrected chi connectivity index (χ0v) is 8.26. The van der Waals surface area contributed by atoms with Crippen molar-refractivity contribution < 1.29 is 8.42 Å². The molecule has 1 radical (unpaired) electrons. The smallest absolute Gasteiger partial charge is 0.178 e. The van der Waals surface area contributed by atoms with Crippen LogP contribution in [0, 0.1) is 13.8 Å². The molecule has 0 saturated carbocycles. The van der Waals surface area contributed by atoms with Gasteiger partial charge in [0.25, 0.3) is 0 Å². The number of anilines is 1. The van der Waals surface area contributed by atoms with Crippen LogP contribution in [0.4, 0.5) is 5.69 Å². The van der Waals surface area contributed by atoms with Crippen LogP contribution in [-0.4, -0.2) is 14.2 Å². The first-order chi connectivity index (χ1) is 5.97. The maximum absolute atomic E-state index is 11.4. The highest BCUT2D eigenvalue weighted by Crippen LogP contribution is 2.17. The van der Waals surface area contributed by atoms with Crippen LogP contribution in [0.3, 0.4) is 0 Å². The molecule has 0 amide bonds. The first-order valence-electron chi connectivity index (χ1n) is 3.85. The van der Waals surface area contributed by atoms with Crippen molar-refractivity contribution in [2.45, 2.75) is 11.8 Å². The molecule has 0 aliphatic rings. The SMILES string of the molecule is [CH2]CS(=O)(=O)c1ccc(N)c(C)c1. The van der Waals surface area contributed by atoms with Gasteiger partial charge in [0.1, 0.15) is 0 Å². The topological polar surface area (TPSA) is 60.2 Å². The molecule has 1 aromatic rings. The molecular weight excluding hydrogens is 186 g/mol. The lowest BCUT2D eigenvalue weighted by molar-refractivity contribution is 0.599. The van der Waals surface area contributed by atoms with E-state index in [0.29, 0.717) is 5.69 Å². The van der Waals surface area contributed by atoms with Crippen LogP contribution in [0.2, 0.25) is 0 Å². The largest absolute Gasteiger partial charge is 0.399 e. The van der Waals surface area contributed by atoms with Crippen LogP contribution in [-0.2, 0) is 9.84 Å². The lowest BCUT2D eigenvalue weighted by atomic mass is 10.2. The Morgan fingerprint density at radius 1 is 1.46 bits per heavy atom. The van der Waals surface area contributed by atoms with Crippen molar-refractivity contribution in [1.82, 2.24) is 0 Å². The summed E-state index contributed by atoms with van der Waals surface area (Å²) in [4.78, 5) is 0.286. The zero-order valence-electron chi connectivity index (χ0n) is 7.45. The van der Waals surface area contributed by atoms with Gasteiger partial charge in [-0.2, -0.15) is 0 Å². The minimum atomic E-state index is -3.20. The number of nitrogen functional groups attached to an aromatic ring is 1. The fourth-order valence-corrected chi connectivity index (χ4v) is 1.83. The molecule has 3 nitrogen and oxygen atoms in total. The number of hydrogen-bond donors (Lipinski definition) is 1. The Kier molecular flexibility index (Phi) is 2.61. The van der Waals surface area contributed by atoms with Crippen LogP contribution < -0.4 is 5.73 Å². The lowest BCUT2D eigenvalue weighted by Crippen LogP contribution is -2.04. The Hall–Kier alpha value is -1.03. The summed E-state index contributed by atoms with van der Waals surface area (Å²) in [5, 5.41) is 0. The second kappa shape index (κ2) is 3.38. The van der Waals surface area contributed by atoms with Crippen LogP contribution in [0.15, 0.2) is 23.1 Å². The van der Waals surface area contributed by atoms with Crippen LogP contribution >= 0.6 is 0 Å². The number of nitrogens with two attached hydrogens (primary N) is 1. The van der Waals surface area contributed by atoms with Crippen molar-refractivity contribution in [3.8, 4) is 0 Å². The van der Waals surface area contributed by atoms with Crippen LogP contribution in [0.1, 0.15) is 5.56 Å². The molecule has 0 heterocycles. The van der Waals surface area contributed by atoms with Crippen LogP contribution in [0.25, 0.3) is 0 Å². The third-order valence-electron chi connectivity index (χ3n) is 1.87. The van der Waals surface area contributed by atoms with Gasteiger partial charge in [0.15, 0.2) is 9.84 Å². The first kappa shape index (κ1) is 10.1. The summed E-state index contributed by atoms with van der Waals surface area (Å²) >= 11 is 0. The highest BCUT2D eigenvalue weighted by Gasteiger charge is 2.11. The second-order valence-corrected chi connectivity index (χ2v) is 4.95. The number of hydrogen-bond acceptors (Lipinski definition) is 3. The standard InChI is InChI=1S/C9H12NO2S/c1-3-13(11,12)8-4-5-9(10)7(2)6-8/h4-6H,1,3,10H2,2H3. The van der Waals surface area contributed by atoms with Gasteiger partial charge in [-0.3, -0.25) is 0 Å². The quantitative estimate of drug-likeness (QED) is 0.726. The molecule has 0 aliphatic carbocycles. The van der Waals surface area contributed by atoms with Gasteiger partial charge >= 0.3 is 0 Å². The van der Waals surface area contributed by atoms with Crippen molar-refractivity contribution in [3.05, 3.63) is 30.7 Å². The van der Waals surface area contributed by atoms with Gasteiger partial charge in [-0.1, -0.05) is 0 Å². The van der Waals surface area contributed by atoms with E-state index >= 15 is 0 Å². The number of aryl methyl sites for hydroxylation is 1. The Balaban J connectivity index is 3.27. The molecule has 0 aliphatic heterocycles. The molecule has 0 saturated heterocycles. The lowest BCUT2D eigenvalue weighted by Gasteiger charge is -2.04. The molecule has 1 aromatic carbocycles. The van der Waals surface area contributed by atoms with Crippen molar-refractivity contribution in [2.24, 2.45) is 0 Å². The molecule has 0 atom stereocenters. The molecule has 0 spiro atoms. The monoisotopic (exact) mass is 198 g/mol. The van der Waals surface area contributed by atoms with E-state index in [9.17, 15) is 8.42 Å². The van der Waals surface area contributed by atoms with Gasteiger partial charge in [0, 0.05) is 5.69 Å². The van der Waals surface area contributed by atoms with Crippen molar-refractivity contribution in [1.29, 1.82) is 0 Å². The molecule has 4 heteroatoms. The molecule has 1 rings (SSSR count). The average Bonchev–Trinajstić information content (AvgIpc) is 2.09. The van der Waals surface area contributed by atoms with Gasteiger partial charge in [-0.05, 0) is 37.6 Å². The Morgan fingerprint density at radius 3 is 2.54 bits per heavy atom. The van der Waals surface area contributed by atoms with E-state index in [1.807, 2.05) is 0 Å². The van der Waals surface area contributed by atoms with E-state index in [1.54, 1.807) is 19.1 Å². The normalized spacial score (nSPS) is 11.5. The molecule has 0 bridgehead atoms. The number of rotatable bonds is 2. The van der Waals surface area contributed by atoms with Gasteiger partial charge in [-0.25, -0.2) is 8.42 Å². The summed E-state index contributed by atoms with van der Waals surface area (Å²) in [7, 11) is -3.20. The van der Waals surface area contributed by atoms with Crippen molar-refractivity contribution >= 4 is 15.5 Å². The van der Waals surface area contributed by atoms with E-state index < -0.39 is 9.84 Å². The number of benzene rings is 1. The second-order valence-electron chi connectivity index (χ2n) is 2.84. The van der Waals surface area contributed by atoms with Gasteiger partial charge in [0.2, 0.25) is 0 Å². The maximum Gasteiger partial charge on any atom is 0.178 e. The van der Waals surface area contributed by atoms with E-state index in [4.69, 9.17) is 5.73 Å². The number of sulfone groups is 1. The fourth-order valence-electron chi connectivity index (χ4n) is 0.959. The minimum Gasteiger partial charge on any atom is -0.399 e. The van der Waals surface area contributed by atoms with E-state index in [1.165, 1.54) is 6.07 Å². The molecule has 71 valence electrons. The predicted octanol–water partition coefficient (Wildman–Crippen LogP) is 1.19. The van der Waals surface area contributed by atoms with E-state index in [0.717, 1.165) is 5.56 Å². The zero-order chi connectivity index (χ0) is 10.1. The van der Waals surface area contributed by atoms with Gasteiger partial charge < -0.3 is 5.73 Å². The van der Waals surface area contributed by atoms with Crippen molar-refractivity contribution in [3.63, 3.8) is 0 Å². The van der Waals surface area contributed by atoms with E-state index in [2.05, 4.69) is 6.92 Å².